The number of hydrogen-bond donors (Lipinski definition) is 0. The highest BCUT2D eigenvalue weighted by Gasteiger charge is 2.58. The number of para-hydroxylation sites is 4. The monoisotopic (exact) mass is 640 g/mol. The van der Waals surface area contributed by atoms with Crippen molar-refractivity contribution in [3.05, 3.63) is 142 Å². The Morgan fingerprint density at radius 3 is 0.814 bits per heavy atom. The summed E-state index contributed by atoms with van der Waals surface area (Å²) in [7, 11) is 0. The van der Waals surface area contributed by atoms with Gasteiger partial charge in [-0.15, -0.1) is 0 Å². The number of benzene rings is 4. The van der Waals surface area contributed by atoms with Crippen molar-refractivity contribution in [2.24, 2.45) is 0 Å². The van der Waals surface area contributed by atoms with E-state index in [-0.39, 0.29) is 11.4 Å². The molecule has 0 atom stereocenters. The Hall–Kier alpha value is -3.74. The van der Waals surface area contributed by atoms with E-state index in [0.29, 0.717) is 2.10 Å². The van der Waals surface area contributed by atoms with Crippen molar-refractivity contribution in [3.8, 4) is 22.7 Å². The van der Waals surface area contributed by atoms with Crippen molar-refractivity contribution in [2.45, 2.75) is 34.0 Å². The van der Waals surface area contributed by atoms with Gasteiger partial charge in [0.1, 0.15) is 0 Å². The molecule has 0 amide bonds. The second-order valence-electron chi connectivity index (χ2n) is 9.28. The molecule has 4 aromatic carbocycles. The lowest BCUT2D eigenvalue weighted by atomic mass is 10.3. The molecule has 2 aliphatic heterocycles. The summed E-state index contributed by atoms with van der Waals surface area (Å²) in [6.45, 7) is 4.00. The molecular weight excluding hydrogens is 615 g/mol. The fourth-order valence-electron chi connectivity index (χ4n) is 5.00. The third-order valence-electron chi connectivity index (χ3n) is 6.79. The third kappa shape index (κ3) is 4.63. The molecule has 0 saturated heterocycles. The summed E-state index contributed by atoms with van der Waals surface area (Å²) < 4.78 is 7.59. The Labute approximate surface area is 265 Å². The summed E-state index contributed by atoms with van der Waals surface area (Å²) >= 11 is 6.45. The van der Waals surface area contributed by atoms with Crippen molar-refractivity contribution in [3.63, 3.8) is 0 Å². The van der Waals surface area contributed by atoms with Gasteiger partial charge in [0, 0.05) is 0 Å². The van der Waals surface area contributed by atoms with E-state index in [0.717, 1.165) is 42.9 Å². The van der Waals surface area contributed by atoms with Crippen molar-refractivity contribution < 1.29 is 2.10 Å². The molecule has 7 nitrogen and oxygen atoms in total. The number of imidazole rings is 2. The molecule has 6 aromatic rings. The van der Waals surface area contributed by atoms with Crippen LogP contribution >= 0.6 is 47.8 Å². The molecule has 0 N–H and O–H groups in total. The Morgan fingerprint density at radius 1 is 0.395 bits per heavy atom. The van der Waals surface area contributed by atoms with Crippen LogP contribution in [0.4, 0.5) is 0 Å². The van der Waals surface area contributed by atoms with Gasteiger partial charge in [-0.05, 0) is 48.5 Å². The quantitative estimate of drug-likeness (QED) is 0.143. The van der Waals surface area contributed by atoms with E-state index in [9.17, 15) is 9.59 Å². The summed E-state index contributed by atoms with van der Waals surface area (Å²) in [4.78, 5) is 27.9. The van der Waals surface area contributed by atoms with Gasteiger partial charge in [0.25, 0.3) is 0 Å². The van der Waals surface area contributed by atoms with Gasteiger partial charge in [0.05, 0.1) is 22.7 Å². The predicted molar refractivity (Wildman–Crippen MR) is 178 cm³/mol. The van der Waals surface area contributed by atoms with E-state index in [1.54, 1.807) is 66.1 Å². The van der Waals surface area contributed by atoms with E-state index >= 15 is 0 Å². The second kappa shape index (κ2) is 11.4. The minimum absolute atomic E-state index is 0.105. The van der Waals surface area contributed by atoms with Crippen LogP contribution in [-0.4, -0.2) is 20.4 Å². The van der Waals surface area contributed by atoms with Gasteiger partial charge >= 0.3 is 11.4 Å². The zero-order chi connectivity index (χ0) is 29.6. The molecule has 214 valence electrons. The zero-order valence-corrected chi connectivity index (χ0v) is 26.5. The van der Waals surface area contributed by atoms with Crippen LogP contribution in [0.3, 0.4) is 0 Å². The third-order valence-corrected chi connectivity index (χ3v) is 12.8. The molecule has 11 heteroatoms. The second-order valence-corrected chi connectivity index (χ2v) is 15.1. The molecule has 4 heterocycles. The smallest absolute Gasteiger partial charge is 0.249 e. The molecule has 8 rings (SSSR count). The summed E-state index contributed by atoms with van der Waals surface area (Å²) in [5, 5.41) is 3.50. The Kier molecular flexibility index (Phi) is 7.44. The lowest BCUT2D eigenvalue weighted by molar-refractivity contribution is -0.268. The highest BCUT2D eigenvalue weighted by atomic mass is 32.3. The van der Waals surface area contributed by atoms with Gasteiger partial charge < -0.3 is 0 Å². The van der Waals surface area contributed by atoms with Gasteiger partial charge in [-0.3, -0.25) is 0 Å². The standard InChI is InChI=1S/C30H20N5O2S4.C2H6/c36-29-31(21-13-5-1-6-14-21)25-26(32(29)22-15-7-2-8-16-22)39-35(38-25)40-27-28(41-35)34(24-19-11-4-12-20-24)30(37)33(27)23-17-9-3-10-18-23;1-2/h1-20H;1-2H3/q+1;. The van der Waals surface area contributed by atoms with Gasteiger partial charge in [-0.1, -0.05) is 88.7 Å². The number of nitrogens with zero attached hydrogens (tertiary/aromatic N) is 5. The summed E-state index contributed by atoms with van der Waals surface area (Å²) in [6.07, 6.45) is 0. The van der Waals surface area contributed by atoms with Gasteiger partial charge in [-0.2, -0.15) is 0 Å². The summed E-state index contributed by atoms with van der Waals surface area (Å²) in [5.74, 6) is 0. The van der Waals surface area contributed by atoms with Crippen LogP contribution in [0.1, 0.15) is 13.8 Å². The Morgan fingerprint density at radius 2 is 0.605 bits per heavy atom. The minimum atomic E-state index is -0.105. The van der Waals surface area contributed by atoms with Crippen LogP contribution in [0, 0.1) is 0 Å². The molecule has 0 bridgehead atoms. The van der Waals surface area contributed by atoms with E-state index in [4.69, 9.17) is 0 Å². The highest BCUT2D eigenvalue weighted by Crippen LogP contribution is 2.71. The first kappa shape index (κ1) is 28.1. The maximum atomic E-state index is 13.9. The Balaban J connectivity index is 0.00000147. The number of hydrogen-bond acceptors (Lipinski definition) is 6. The van der Waals surface area contributed by atoms with Crippen molar-refractivity contribution in [1.82, 2.24) is 18.3 Å². The van der Waals surface area contributed by atoms with Gasteiger partial charge in [0.2, 0.25) is 0 Å². The molecule has 0 fully saturated rings. The fraction of sp³-hybridized carbons (Fsp3) is 0.0625. The Bertz CT molecular complexity index is 1740. The van der Waals surface area contributed by atoms with Crippen LogP contribution in [0.5, 0.6) is 0 Å². The van der Waals surface area contributed by atoms with Gasteiger partial charge in [0.15, 0.2) is 67.9 Å². The van der Waals surface area contributed by atoms with E-state index in [2.05, 4.69) is 0 Å². The molecule has 0 aliphatic carbocycles. The van der Waals surface area contributed by atoms with Crippen molar-refractivity contribution >= 4 is 47.8 Å². The molecular formula is C32H26N5O2S4+. The van der Waals surface area contributed by atoms with Crippen LogP contribution < -0.4 is 11.4 Å². The topological polar surface area (TPSA) is 53.9 Å². The SMILES string of the molecule is CC.O=c1n(-c2ccccc2)c2c(n1-c1ccccc1)S[N+]1(S2)Sc2c(n(-c3ccccc3)c(=O)n2-c2ccccc2)S1. The number of rotatable bonds is 4. The average molecular weight is 641 g/mol. The van der Waals surface area contributed by atoms with Crippen LogP contribution in [0.15, 0.2) is 151 Å². The van der Waals surface area contributed by atoms with Crippen molar-refractivity contribution in [2.75, 3.05) is 0 Å². The average Bonchev–Trinajstić information content (AvgIpc) is 3.74. The molecule has 2 aliphatic rings. The lowest BCUT2D eigenvalue weighted by Crippen LogP contribution is -2.26. The lowest BCUT2D eigenvalue weighted by Gasteiger charge is -2.18. The summed E-state index contributed by atoms with van der Waals surface area (Å²) in [5.41, 5.74) is 3.06. The van der Waals surface area contributed by atoms with Crippen LogP contribution in [-0.2, 0) is 0 Å². The van der Waals surface area contributed by atoms with Crippen LogP contribution in [0.25, 0.3) is 22.7 Å². The first-order valence-electron chi connectivity index (χ1n) is 13.8. The molecule has 0 saturated carbocycles. The maximum absolute atomic E-state index is 13.9. The van der Waals surface area contributed by atoms with Crippen molar-refractivity contribution in [1.29, 1.82) is 0 Å². The maximum Gasteiger partial charge on any atom is 0.339 e. The number of quaternary nitrogens is 1. The molecule has 0 unspecified atom stereocenters. The normalized spacial score (nSPS) is 14.3. The minimum Gasteiger partial charge on any atom is -0.249 e. The molecule has 2 aromatic heterocycles. The highest BCUT2D eigenvalue weighted by molar-refractivity contribution is 8.31. The summed E-state index contributed by atoms with van der Waals surface area (Å²) in [6, 6.07) is 39.0. The number of aromatic nitrogens is 4. The zero-order valence-electron chi connectivity index (χ0n) is 23.2. The fourth-order valence-corrected chi connectivity index (χ4v) is 11.5. The molecule has 0 radical (unpaired) electrons. The first-order valence-corrected chi connectivity index (χ1v) is 16.9. The van der Waals surface area contributed by atoms with Crippen LogP contribution in [0.2, 0.25) is 0 Å². The van der Waals surface area contributed by atoms with E-state index in [1.807, 2.05) is 135 Å². The number of fused-ring (bicyclic) bond motifs is 2. The largest absolute Gasteiger partial charge is 0.339 e. The van der Waals surface area contributed by atoms with E-state index in [1.165, 1.54) is 0 Å². The molecule has 1 spiro atoms. The van der Waals surface area contributed by atoms with E-state index < -0.39 is 0 Å². The van der Waals surface area contributed by atoms with Gasteiger partial charge in [-0.25, -0.2) is 27.9 Å². The predicted octanol–water partition coefficient (Wildman–Crippen LogP) is 8.17. The molecule has 43 heavy (non-hydrogen) atoms. The first-order chi connectivity index (χ1) is 21.1.